The molecule has 3 aromatic rings. The maximum absolute atomic E-state index is 13.1. The summed E-state index contributed by atoms with van der Waals surface area (Å²) in [6.07, 6.45) is 3.22. The first-order chi connectivity index (χ1) is 15.1. The maximum Gasteiger partial charge on any atom is 0.276 e. The Morgan fingerprint density at radius 1 is 1.23 bits per heavy atom. The number of benzene rings is 1. The van der Waals surface area contributed by atoms with Crippen molar-refractivity contribution in [3.8, 4) is 5.75 Å². The van der Waals surface area contributed by atoms with Crippen LogP contribution in [-0.4, -0.2) is 44.1 Å². The Balaban J connectivity index is 1.43. The predicted octanol–water partition coefficient (Wildman–Crippen LogP) is 3.17. The summed E-state index contributed by atoms with van der Waals surface area (Å²) in [6, 6.07) is 9.44. The van der Waals surface area contributed by atoms with Gasteiger partial charge in [-0.15, -0.1) is 0 Å². The Hall–Kier alpha value is -3.26. The van der Waals surface area contributed by atoms with Gasteiger partial charge in [-0.1, -0.05) is 23.4 Å². The molecule has 2 aromatic heterocycles. The molecule has 1 aliphatic heterocycles. The Morgan fingerprint density at radius 3 is 2.68 bits per heavy atom. The average Bonchev–Trinajstić information content (AvgIpc) is 3.18. The Bertz CT molecular complexity index is 1040. The van der Waals surface area contributed by atoms with Gasteiger partial charge in [-0.25, -0.2) is 9.97 Å². The van der Waals surface area contributed by atoms with E-state index in [1.54, 1.807) is 18.0 Å². The molecule has 1 amide bonds. The smallest absolute Gasteiger partial charge is 0.276 e. The molecule has 0 aliphatic carbocycles. The molecule has 1 fully saturated rings. The van der Waals surface area contributed by atoms with Crippen molar-refractivity contribution < 1.29 is 19.2 Å². The molecule has 0 bridgehead atoms. The van der Waals surface area contributed by atoms with Crippen LogP contribution in [0.4, 0.5) is 0 Å². The zero-order valence-electron chi connectivity index (χ0n) is 17.7. The van der Waals surface area contributed by atoms with E-state index in [0.29, 0.717) is 35.9 Å². The second-order valence-electron chi connectivity index (χ2n) is 7.72. The van der Waals surface area contributed by atoms with Crippen molar-refractivity contribution >= 4 is 5.91 Å². The quantitative estimate of drug-likeness (QED) is 0.651. The van der Waals surface area contributed by atoms with Crippen LogP contribution in [0.15, 0.2) is 41.1 Å². The van der Waals surface area contributed by atoms with Crippen LogP contribution >= 0.6 is 0 Å². The lowest BCUT2D eigenvalue weighted by molar-refractivity contribution is 0.0698. The number of hydrogen-bond donors (Lipinski definition) is 1. The van der Waals surface area contributed by atoms with E-state index in [2.05, 4.69) is 15.1 Å². The first-order valence-corrected chi connectivity index (χ1v) is 10.4. The summed E-state index contributed by atoms with van der Waals surface area (Å²) in [5.74, 6) is 2.03. The molecule has 1 saturated heterocycles. The number of aromatic nitrogens is 3. The number of para-hydroxylation sites is 1. The van der Waals surface area contributed by atoms with Crippen LogP contribution in [0, 0.1) is 13.8 Å². The second kappa shape index (κ2) is 9.26. The number of carbonyl (C=O) groups is 1. The molecule has 0 spiro atoms. The van der Waals surface area contributed by atoms with E-state index >= 15 is 0 Å². The van der Waals surface area contributed by atoms with Crippen LogP contribution in [0.5, 0.6) is 5.75 Å². The van der Waals surface area contributed by atoms with Gasteiger partial charge >= 0.3 is 0 Å². The fourth-order valence-corrected chi connectivity index (χ4v) is 3.89. The monoisotopic (exact) mass is 422 g/mol. The molecule has 4 rings (SSSR count). The lowest BCUT2D eigenvalue weighted by Crippen LogP contribution is -2.39. The van der Waals surface area contributed by atoms with Gasteiger partial charge in [-0.2, -0.15) is 0 Å². The van der Waals surface area contributed by atoms with Crippen LogP contribution in [0.25, 0.3) is 0 Å². The van der Waals surface area contributed by atoms with E-state index in [0.717, 1.165) is 29.8 Å². The van der Waals surface area contributed by atoms with Gasteiger partial charge in [0.15, 0.2) is 5.69 Å². The van der Waals surface area contributed by atoms with Crippen molar-refractivity contribution in [1.82, 2.24) is 20.0 Å². The summed E-state index contributed by atoms with van der Waals surface area (Å²) in [6.45, 7) is 4.93. The summed E-state index contributed by atoms with van der Waals surface area (Å²) in [5, 5.41) is 13.6. The topological polar surface area (TPSA) is 102 Å². The number of ether oxygens (including phenoxy) is 1. The molecular weight excluding hydrogens is 396 g/mol. The van der Waals surface area contributed by atoms with Gasteiger partial charge in [0.05, 0.1) is 17.9 Å². The normalized spacial score (nSPS) is 14.6. The largest absolute Gasteiger partial charge is 0.489 e. The van der Waals surface area contributed by atoms with Crippen molar-refractivity contribution in [3.05, 3.63) is 70.6 Å². The summed E-state index contributed by atoms with van der Waals surface area (Å²) in [4.78, 5) is 23.7. The molecule has 8 nitrogen and oxygen atoms in total. The number of likely N-dealkylation sites (tertiary alicyclic amines) is 1. The standard InChI is InChI=1S/C23H26N4O4/c1-15-20(14-30-19-6-4-3-5-7-19)22(26-31-15)23(29)27-10-8-17(9-11-27)21-18(13-28)12-24-16(2)25-21/h3-7,12,17,28H,8-11,13-14H2,1-2H3. The zero-order chi connectivity index (χ0) is 21.8. The lowest BCUT2D eigenvalue weighted by atomic mass is 9.90. The third kappa shape index (κ3) is 4.59. The van der Waals surface area contributed by atoms with Gasteiger partial charge in [0, 0.05) is 30.8 Å². The minimum atomic E-state index is -0.150. The van der Waals surface area contributed by atoms with Gasteiger partial charge in [0.1, 0.15) is 23.9 Å². The Morgan fingerprint density at radius 2 is 1.97 bits per heavy atom. The summed E-state index contributed by atoms with van der Waals surface area (Å²) in [5.41, 5.74) is 2.62. The number of aryl methyl sites for hydroxylation is 2. The molecule has 0 unspecified atom stereocenters. The van der Waals surface area contributed by atoms with Gasteiger partial charge in [0.2, 0.25) is 0 Å². The Kier molecular flexibility index (Phi) is 6.27. The molecular formula is C23H26N4O4. The average molecular weight is 422 g/mol. The van der Waals surface area contributed by atoms with E-state index in [9.17, 15) is 9.90 Å². The minimum absolute atomic E-state index is 0.0856. The number of carbonyl (C=O) groups excluding carboxylic acids is 1. The highest BCUT2D eigenvalue weighted by Gasteiger charge is 2.30. The molecule has 162 valence electrons. The van der Waals surface area contributed by atoms with Crippen molar-refractivity contribution in [3.63, 3.8) is 0 Å². The van der Waals surface area contributed by atoms with Crippen LogP contribution < -0.4 is 4.74 Å². The van der Waals surface area contributed by atoms with Crippen LogP contribution in [0.2, 0.25) is 0 Å². The van der Waals surface area contributed by atoms with Gasteiger partial charge < -0.3 is 19.3 Å². The van der Waals surface area contributed by atoms with E-state index in [1.807, 2.05) is 37.3 Å². The number of amides is 1. The van der Waals surface area contributed by atoms with Gasteiger partial charge in [-0.05, 0) is 38.8 Å². The highest BCUT2D eigenvalue weighted by atomic mass is 16.5. The number of aliphatic hydroxyl groups is 1. The highest BCUT2D eigenvalue weighted by molar-refractivity contribution is 5.93. The third-order valence-electron chi connectivity index (χ3n) is 5.67. The molecule has 3 heterocycles. The lowest BCUT2D eigenvalue weighted by Gasteiger charge is -2.32. The fraction of sp³-hybridized carbons (Fsp3) is 0.391. The predicted molar refractivity (Wildman–Crippen MR) is 113 cm³/mol. The Labute approximate surface area is 180 Å². The molecule has 0 saturated carbocycles. The number of piperidine rings is 1. The van der Waals surface area contributed by atoms with Crippen molar-refractivity contribution in [2.24, 2.45) is 0 Å². The molecule has 31 heavy (non-hydrogen) atoms. The van der Waals surface area contributed by atoms with E-state index in [4.69, 9.17) is 9.26 Å². The zero-order valence-corrected chi connectivity index (χ0v) is 17.7. The first-order valence-electron chi connectivity index (χ1n) is 10.4. The van der Waals surface area contributed by atoms with Crippen molar-refractivity contribution in [1.29, 1.82) is 0 Å². The van der Waals surface area contributed by atoms with Crippen molar-refractivity contribution in [2.75, 3.05) is 13.1 Å². The second-order valence-corrected chi connectivity index (χ2v) is 7.72. The molecule has 1 N–H and O–H groups in total. The van der Waals surface area contributed by atoms with Crippen LogP contribution in [0.3, 0.4) is 0 Å². The number of hydrogen-bond acceptors (Lipinski definition) is 7. The number of rotatable bonds is 6. The molecule has 1 aromatic carbocycles. The van der Waals surface area contributed by atoms with E-state index < -0.39 is 0 Å². The summed E-state index contributed by atoms with van der Waals surface area (Å²) >= 11 is 0. The third-order valence-corrected chi connectivity index (χ3v) is 5.67. The van der Waals surface area contributed by atoms with Gasteiger partial charge in [0.25, 0.3) is 5.91 Å². The number of aliphatic hydroxyl groups excluding tert-OH is 1. The highest BCUT2D eigenvalue weighted by Crippen LogP contribution is 2.30. The molecule has 1 aliphatic rings. The van der Waals surface area contributed by atoms with Crippen LogP contribution in [-0.2, 0) is 13.2 Å². The van der Waals surface area contributed by atoms with Crippen LogP contribution in [0.1, 0.15) is 57.7 Å². The molecule has 0 atom stereocenters. The van der Waals surface area contributed by atoms with E-state index in [1.165, 1.54) is 0 Å². The maximum atomic E-state index is 13.1. The first kappa shape index (κ1) is 21.0. The van der Waals surface area contributed by atoms with Crippen molar-refractivity contribution in [2.45, 2.75) is 45.8 Å². The van der Waals surface area contributed by atoms with Gasteiger partial charge in [-0.3, -0.25) is 4.79 Å². The molecule has 8 heteroatoms. The minimum Gasteiger partial charge on any atom is -0.489 e. The fourth-order valence-electron chi connectivity index (χ4n) is 3.89. The van der Waals surface area contributed by atoms with E-state index in [-0.39, 0.29) is 25.0 Å². The number of nitrogens with zero attached hydrogens (tertiary/aromatic N) is 4. The summed E-state index contributed by atoms with van der Waals surface area (Å²) < 4.78 is 11.1. The SMILES string of the molecule is Cc1ncc(CO)c(C2CCN(C(=O)c3noc(C)c3COc3ccccc3)CC2)n1. The molecule has 0 radical (unpaired) electrons. The summed E-state index contributed by atoms with van der Waals surface area (Å²) in [7, 11) is 0.